The molecule has 0 saturated carbocycles. The fraction of sp³-hybridized carbons (Fsp3) is 0.350. The molecule has 0 bridgehead atoms. The SMILES string of the molecule is CCS(=O)(=O)Nc1ccc(NC(=O)c2cc3c([nH]c2=O)CC(C)(C)CC3=O)cc1. The number of hydrogen-bond donors (Lipinski definition) is 3. The van der Waals surface area contributed by atoms with Crippen LogP contribution >= 0.6 is 0 Å². The summed E-state index contributed by atoms with van der Waals surface area (Å²) in [4.78, 5) is 40.0. The summed E-state index contributed by atoms with van der Waals surface area (Å²) < 4.78 is 25.6. The van der Waals surface area contributed by atoms with Gasteiger partial charge >= 0.3 is 0 Å². The number of benzene rings is 1. The highest BCUT2D eigenvalue weighted by atomic mass is 32.2. The van der Waals surface area contributed by atoms with Crippen LogP contribution in [0, 0.1) is 5.41 Å². The summed E-state index contributed by atoms with van der Waals surface area (Å²) in [5.41, 5.74) is 0.742. The molecule has 0 fully saturated rings. The number of pyridine rings is 1. The average molecular weight is 417 g/mol. The van der Waals surface area contributed by atoms with Crippen molar-refractivity contribution < 1.29 is 18.0 Å². The Bertz CT molecular complexity index is 1130. The summed E-state index contributed by atoms with van der Waals surface area (Å²) in [6.45, 7) is 5.44. The molecule has 1 aliphatic carbocycles. The fourth-order valence-corrected chi connectivity index (χ4v) is 3.91. The van der Waals surface area contributed by atoms with Gasteiger partial charge in [0.1, 0.15) is 5.56 Å². The first-order valence-corrected chi connectivity index (χ1v) is 10.9. The van der Waals surface area contributed by atoms with Crippen LogP contribution in [0.25, 0.3) is 0 Å². The number of fused-ring (bicyclic) bond motifs is 1. The molecule has 0 saturated heterocycles. The van der Waals surface area contributed by atoms with E-state index in [1.165, 1.54) is 37.3 Å². The quantitative estimate of drug-likeness (QED) is 0.689. The topological polar surface area (TPSA) is 125 Å². The van der Waals surface area contributed by atoms with Gasteiger partial charge in [-0.25, -0.2) is 8.42 Å². The summed E-state index contributed by atoms with van der Waals surface area (Å²) in [6, 6.07) is 7.40. The first-order valence-electron chi connectivity index (χ1n) is 9.21. The lowest BCUT2D eigenvalue weighted by Crippen LogP contribution is -2.32. The Morgan fingerprint density at radius 3 is 2.34 bits per heavy atom. The lowest BCUT2D eigenvalue weighted by Gasteiger charge is -2.29. The Balaban J connectivity index is 1.81. The van der Waals surface area contributed by atoms with Crippen molar-refractivity contribution in [1.29, 1.82) is 0 Å². The molecule has 1 amide bonds. The lowest BCUT2D eigenvalue weighted by molar-refractivity contribution is 0.0910. The molecule has 0 aliphatic heterocycles. The van der Waals surface area contributed by atoms with Crippen molar-refractivity contribution in [2.24, 2.45) is 5.41 Å². The summed E-state index contributed by atoms with van der Waals surface area (Å²) >= 11 is 0. The van der Waals surface area contributed by atoms with Crippen molar-refractivity contribution in [3.8, 4) is 0 Å². The van der Waals surface area contributed by atoms with Gasteiger partial charge in [-0.1, -0.05) is 13.8 Å². The van der Waals surface area contributed by atoms with Crippen LogP contribution in [0.1, 0.15) is 53.6 Å². The molecule has 2 aromatic rings. The number of aromatic amines is 1. The van der Waals surface area contributed by atoms with E-state index in [1.807, 2.05) is 13.8 Å². The van der Waals surface area contributed by atoms with E-state index in [4.69, 9.17) is 0 Å². The van der Waals surface area contributed by atoms with Crippen molar-refractivity contribution in [3.05, 3.63) is 57.5 Å². The molecule has 1 aliphatic rings. The number of nitrogens with one attached hydrogen (secondary N) is 3. The number of rotatable bonds is 5. The molecule has 1 heterocycles. The van der Waals surface area contributed by atoms with Gasteiger partial charge < -0.3 is 10.3 Å². The molecule has 0 unspecified atom stereocenters. The first-order chi connectivity index (χ1) is 13.5. The maximum Gasteiger partial charge on any atom is 0.261 e. The fourth-order valence-electron chi connectivity index (χ4n) is 3.27. The molecule has 1 aromatic heterocycles. The number of H-pyrrole nitrogens is 1. The van der Waals surface area contributed by atoms with Gasteiger partial charge in [0, 0.05) is 29.1 Å². The van der Waals surface area contributed by atoms with E-state index in [9.17, 15) is 22.8 Å². The van der Waals surface area contributed by atoms with Crippen molar-refractivity contribution >= 4 is 33.1 Å². The van der Waals surface area contributed by atoms with Gasteiger partial charge in [0.2, 0.25) is 10.0 Å². The maximum atomic E-state index is 12.6. The maximum absolute atomic E-state index is 12.6. The number of anilines is 2. The van der Waals surface area contributed by atoms with Crippen LogP contribution in [-0.2, 0) is 16.4 Å². The zero-order valence-corrected chi connectivity index (χ0v) is 17.3. The van der Waals surface area contributed by atoms with Crippen LogP contribution in [0.4, 0.5) is 11.4 Å². The Kier molecular flexibility index (Phi) is 5.36. The molecule has 3 N–H and O–H groups in total. The highest BCUT2D eigenvalue weighted by molar-refractivity contribution is 7.92. The van der Waals surface area contributed by atoms with E-state index >= 15 is 0 Å². The van der Waals surface area contributed by atoms with Crippen molar-refractivity contribution in [2.75, 3.05) is 15.8 Å². The monoisotopic (exact) mass is 417 g/mol. The number of amides is 1. The summed E-state index contributed by atoms with van der Waals surface area (Å²) in [6.07, 6.45) is 0.905. The van der Waals surface area contributed by atoms with Crippen LogP contribution in [0.5, 0.6) is 0 Å². The van der Waals surface area contributed by atoms with Gasteiger partial charge in [-0.05, 0) is 49.1 Å². The van der Waals surface area contributed by atoms with Gasteiger partial charge in [0.15, 0.2) is 5.78 Å². The Hall–Kier alpha value is -2.94. The van der Waals surface area contributed by atoms with Gasteiger partial charge in [0.05, 0.1) is 5.75 Å². The van der Waals surface area contributed by atoms with Gasteiger partial charge in [-0.15, -0.1) is 0 Å². The van der Waals surface area contributed by atoms with E-state index in [2.05, 4.69) is 15.0 Å². The number of aromatic nitrogens is 1. The number of Topliss-reactive ketones (excluding diaryl/α,β-unsaturated/α-hetero) is 1. The average Bonchev–Trinajstić information content (AvgIpc) is 2.61. The summed E-state index contributed by atoms with van der Waals surface area (Å²) in [5, 5.41) is 2.59. The van der Waals surface area contributed by atoms with Gasteiger partial charge in [-0.3, -0.25) is 19.1 Å². The molecule has 3 rings (SSSR count). The van der Waals surface area contributed by atoms with Crippen molar-refractivity contribution in [1.82, 2.24) is 4.98 Å². The highest BCUT2D eigenvalue weighted by Gasteiger charge is 2.32. The second-order valence-corrected chi connectivity index (χ2v) is 9.89. The standard InChI is InChI=1S/C20H23N3O5S/c1-4-29(27,28)23-13-7-5-12(6-8-13)21-18(25)15-9-14-16(22-19(15)26)10-20(2,3)11-17(14)24/h5-9,23H,4,10-11H2,1-3H3,(H,21,25)(H,22,26). The number of hydrogen-bond acceptors (Lipinski definition) is 5. The predicted molar refractivity (Wildman–Crippen MR) is 111 cm³/mol. The molecule has 29 heavy (non-hydrogen) atoms. The number of ketones is 1. The lowest BCUT2D eigenvalue weighted by atomic mass is 9.75. The second-order valence-electron chi connectivity index (χ2n) is 7.88. The Morgan fingerprint density at radius 2 is 1.72 bits per heavy atom. The third-order valence-corrected chi connectivity index (χ3v) is 6.07. The zero-order valence-electron chi connectivity index (χ0n) is 16.5. The van der Waals surface area contributed by atoms with E-state index < -0.39 is 21.5 Å². The minimum Gasteiger partial charge on any atom is -0.325 e. The molecule has 8 nitrogen and oxygen atoms in total. The third kappa shape index (κ3) is 4.73. The van der Waals surface area contributed by atoms with E-state index in [-0.39, 0.29) is 22.5 Å². The second kappa shape index (κ2) is 7.47. The van der Waals surface area contributed by atoms with Crippen LogP contribution in [0.2, 0.25) is 0 Å². The number of carbonyl (C=O) groups excluding carboxylic acids is 2. The Morgan fingerprint density at radius 1 is 1.10 bits per heavy atom. The minimum atomic E-state index is -3.39. The van der Waals surface area contributed by atoms with Crippen LogP contribution in [-0.4, -0.2) is 30.8 Å². The normalized spacial score (nSPS) is 15.5. The summed E-state index contributed by atoms with van der Waals surface area (Å²) in [5.74, 6) is -0.801. The van der Waals surface area contributed by atoms with E-state index in [0.29, 0.717) is 35.5 Å². The first kappa shape index (κ1) is 20.8. The predicted octanol–water partition coefficient (Wildman–Crippen LogP) is 2.54. The number of carbonyl (C=O) groups is 2. The largest absolute Gasteiger partial charge is 0.325 e. The summed E-state index contributed by atoms with van der Waals surface area (Å²) in [7, 11) is -3.39. The van der Waals surface area contributed by atoms with Crippen LogP contribution < -0.4 is 15.6 Å². The zero-order chi connectivity index (χ0) is 21.4. The van der Waals surface area contributed by atoms with Gasteiger partial charge in [0.25, 0.3) is 11.5 Å². The highest BCUT2D eigenvalue weighted by Crippen LogP contribution is 2.33. The molecular formula is C20H23N3O5S. The molecule has 9 heteroatoms. The Labute approximate surface area is 168 Å². The third-order valence-electron chi connectivity index (χ3n) is 4.76. The number of sulfonamides is 1. The molecule has 0 spiro atoms. The van der Waals surface area contributed by atoms with Crippen molar-refractivity contribution in [2.45, 2.75) is 33.6 Å². The van der Waals surface area contributed by atoms with Crippen LogP contribution in [0.15, 0.2) is 35.1 Å². The van der Waals surface area contributed by atoms with Gasteiger partial charge in [-0.2, -0.15) is 0 Å². The smallest absolute Gasteiger partial charge is 0.261 e. The van der Waals surface area contributed by atoms with Crippen molar-refractivity contribution in [3.63, 3.8) is 0 Å². The molecular weight excluding hydrogens is 394 g/mol. The van der Waals surface area contributed by atoms with E-state index in [1.54, 1.807) is 0 Å². The van der Waals surface area contributed by atoms with Crippen LogP contribution in [0.3, 0.4) is 0 Å². The minimum absolute atomic E-state index is 0.0531. The molecule has 1 aromatic carbocycles. The molecule has 0 atom stereocenters. The molecule has 154 valence electrons. The van der Waals surface area contributed by atoms with E-state index in [0.717, 1.165) is 0 Å². The molecule has 0 radical (unpaired) electrons.